The molecular formula is C16H23N3O3. The van der Waals surface area contributed by atoms with Gasteiger partial charge in [-0.3, -0.25) is 4.79 Å². The number of esters is 1. The molecule has 1 heterocycles. The zero-order valence-electron chi connectivity index (χ0n) is 13.0. The van der Waals surface area contributed by atoms with E-state index in [-0.39, 0.29) is 17.9 Å². The standard InChI is InChI=1S/C16H23N3O3/c1-11(17)15(20)19-8-6-13(7-9-19)18-14-5-3-4-12(10-14)16(21)22-2/h3-5,10-11,13,18H,6-9,17H2,1-2H3. The third-order valence-corrected chi connectivity index (χ3v) is 3.85. The fraction of sp³-hybridized carbons (Fsp3) is 0.500. The van der Waals surface area contributed by atoms with Gasteiger partial charge in [0.25, 0.3) is 0 Å². The quantitative estimate of drug-likeness (QED) is 0.817. The van der Waals surface area contributed by atoms with E-state index in [0.717, 1.165) is 18.5 Å². The number of hydrogen-bond donors (Lipinski definition) is 2. The maximum Gasteiger partial charge on any atom is 0.337 e. The fourth-order valence-corrected chi connectivity index (χ4v) is 2.62. The summed E-state index contributed by atoms with van der Waals surface area (Å²) in [6, 6.07) is 7.09. The van der Waals surface area contributed by atoms with E-state index in [1.54, 1.807) is 19.1 Å². The van der Waals surface area contributed by atoms with Crippen LogP contribution < -0.4 is 11.1 Å². The summed E-state index contributed by atoms with van der Waals surface area (Å²) in [5, 5.41) is 3.41. The molecule has 0 saturated carbocycles. The molecule has 1 saturated heterocycles. The highest BCUT2D eigenvalue weighted by atomic mass is 16.5. The van der Waals surface area contributed by atoms with E-state index in [1.165, 1.54) is 7.11 Å². The van der Waals surface area contributed by atoms with Crippen LogP contribution in [0.5, 0.6) is 0 Å². The van der Waals surface area contributed by atoms with Crippen LogP contribution in [-0.2, 0) is 9.53 Å². The molecule has 1 aliphatic rings. The molecule has 120 valence electrons. The first-order valence-electron chi connectivity index (χ1n) is 7.50. The van der Waals surface area contributed by atoms with Crippen LogP contribution in [0, 0.1) is 0 Å². The number of rotatable bonds is 4. The van der Waals surface area contributed by atoms with Crippen LogP contribution in [-0.4, -0.2) is 49.1 Å². The lowest BCUT2D eigenvalue weighted by molar-refractivity contribution is -0.133. The van der Waals surface area contributed by atoms with Gasteiger partial charge in [-0.15, -0.1) is 0 Å². The maximum atomic E-state index is 11.8. The van der Waals surface area contributed by atoms with E-state index in [0.29, 0.717) is 18.7 Å². The Kier molecular flexibility index (Phi) is 5.38. The molecule has 3 N–H and O–H groups in total. The number of methoxy groups -OCH3 is 1. The minimum Gasteiger partial charge on any atom is -0.465 e. The lowest BCUT2D eigenvalue weighted by Crippen LogP contribution is -2.48. The summed E-state index contributed by atoms with van der Waals surface area (Å²) in [5.74, 6) is -0.341. The number of carbonyl (C=O) groups excluding carboxylic acids is 2. The molecule has 1 fully saturated rings. The Morgan fingerprint density at radius 3 is 2.64 bits per heavy atom. The van der Waals surface area contributed by atoms with Crippen molar-refractivity contribution in [1.29, 1.82) is 0 Å². The van der Waals surface area contributed by atoms with Crippen molar-refractivity contribution in [2.75, 3.05) is 25.5 Å². The lowest BCUT2D eigenvalue weighted by Gasteiger charge is -2.33. The molecule has 0 spiro atoms. The number of likely N-dealkylation sites (tertiary alicyclic amines) is 1. The van der Waals surface area contributed by atoms with Gasteiger partial charge in [0, 0.05) is 24.8 Å². The maximum absolute atomic E-state index is 11.8. The van der Waals surface area contributed by atoms with Gasteiger partial charge in [-0.05, 0) is 38.0 Å². The lowest BCUT2D eigenvalue weighted by atomic mass is 10.0. The number of nitrogens with one attached hydrogen (secondary N) is 1. The van der Waals surface area contributed by atoms with Crippen molar-refractivity contribution in [2.24, 2.45) is 5.73 Å². The highest BCUT2D eigenvalue weighted by molar-refractivity contribution is 5.90. The molecular weight excluding hydrogens is 282 g/mol. The van der Waals surface area contributed by atoms with Crippen LogP contribution in [0.15, 0.2) is 24.3 Å². The highest BCUT2D eigenvalue weighted by Crippen LogP contribution is 2.18. The molecule has 0 bridgehead atoms. The number of piperidine rings is 1. The summed E-state index contributed by atoms with van der Waals surface area (Å²) in [5.41, 5.74) is 7.05. The van der Waals surface area contributed by atoms with Gasteiger partial charge in [-0.1, -0.05) is 6.07 Å². The molecule has 1 atom stereocenters. The molecule has 0 radical (unpaired) electrons. The van der Waals surface area contributed by atoms with Gasteiger partial charge in [-0.2, -0.15) is 0 Å². The smallest absolute Gasteiger partial charge is 0.337 e. The second-order valence-electron chi connectivity index (χ2n) is 5.60. The Morgan fingerprint density at radius 1 is 1.36 bits per heavy atom. The van der Waals surface area contributed by atoms with Crippen LogP contribution >= 0.6 is 0 Å². The Morgan fingerprint density at radius 2 is 2.05 bits per heavy atom. The molecule has 0 aliphatic carbocycles. The van der Waals surface area contributed by atoms with Crippen molar-refractivity contribution in [1.82, 2.24) is 4.90 Å². The van der Waals surface area contributed by atoms with Gasteiger partial charge in [0.1, 0.15) is 0 Å². The molecule has 6 nitrogen and oxygen atoms in total. The summed E-state index contributed by atoms with van der Waals surface area (Å²) in [6.45, 7) is 3.12. The molecule has 2 rings (SSSR count). The van der Waals surface area contributed by atoms with Gasteiger partial charge in [-0.25, -0.2) is 4.79 Å². The SMILES string of the molecule is COC(=O)c1cccc(NC2CCN(C(=O)C(C)N)CC2)c1. The molecule has 1 unspecified atom stereocenters. The number of amides is 1. The summed E-state index contributed by atoms with van der Waals surface area (Å²) < 4.78 is 4.72. The second-order valence-corrected chi connectivity index (χ2v) is 5.60. The van der Waals surface area contributed by atoms with Crippen molar-refractivity contribution in [3.05, 3.63) is 29.8 Å². The number of benzene rings is 1. The first-order chi connectivity index (χ1) is 10.5. The summed E-state index contributed by atoms with van der Waals surface area (Å²) in [4.78, 5) is 25.2. The topological polar surface area (TPSA) is 84.7 Å². The fourth-order valence-electron chi connectivity index (χ4n) is 2.62. The van der Waals surface area contributed by atoms with Gasteiger partial charge < -0.3 is 20.7 Å². The number of hydrogen-bond acceptors (Lipinski definition) is 5. The third kappa shape index (κ3) is 3.98. The zero-order chi connectivity index (χ0) is 16.1. The largest absolute Gasteiger partial charge is 0.465 e. The molecule has 1 amide bonds. The average molecular weight is 305 g/mol. The van der Waals surface area contributed by atoms with Crippen LogP contribution in [0.1, 0.15) is 30.1 Å². The minimum atomic E-state index is -0.443. The molecule has 22 heavy (non-hydrogen) atoms. The first kappa shape index (κ1) is 16.3. The van der Waals surface area contributed by atoms with E-state index < -0.39 is 6.04 Å². The summed E-state index contributed by atoms with van der Waals surface area (Å²) in [7, 11) is 1.37. The molecule has 6 heteroatoms. The molecule has 0 aromatic heterocycles. The van der Waals surface area contributed by atoms with Gasteiger partial charge in [0.2, 0.25) is 5.91 Å². The van der Waals surface area contributed by atoms with Crippen molar-refractivity contribution in [3.63, 3.8) is 0 Å². The van der Waals surface area contributed by atoms with Crippen LogP contribution in [0.3, 0.4) is 0 Å². The van der Waals surface area contributed by atoms with Gasteiger partial charge >= 0.3 is 5.97 Å². The van der Waals surface area contributed by atoms with E-state index in [9.17, 15) is 9.59 Å². The van der Waals surface area contributed by atoms with Crippen LogP contribution in [0.4, 0.5) is 5.69 Å². The molecule has 1 aliphatic heterocycles. The molecule has 1 aromatic rings. The predicted molar refractivity (Wildman–Crippen MR) is 84.7 cm³/mol. The van der Waals surface area contributed by atoms with Crippen LogP contribution in [0.25, 0.3) is 0 Å². The minimum absolute atomic E-state index is 0.00568. The monoisotopic (exact) mass is 305 g/mol. The van der Waals surface area contributed by atoms with Crippen LogP contribution in [0.2, 0.25) is 0 Å². The van der Waals surface area contributed by atoms with Crippen molar-refractivity contribution >= 4 is 17.6 Å². The normalized spacial score (nSPS) is 17.0. The van der Waals surface area contributed by atoms with E-state index >= 15 is 0 Å². The van der Waals surface area contributed by atoms with E-state index in [1.807, 2.05) is 17.0 Å². The number of ether oxygens (including phenoxy) is 1. The van der Waals surface area contributed by atoms with E-state index in [4.69, 9.17) is 10.5 Å². The van der Waals surface area contributed by atoms with Crippen molar-refractivity contribution in [2.45, 2.75) is 31.8 Å². The first-order valence-corrected chi connectivity index (χ1v) is 7.50. The van der Waals surface area contributed by atoms with E-state index in [2.05, 4.69) is 5.32 Å². The summed E-state index contributed by atoms with van der Waals surface area (Å²) in [6.07, 6.45) is 1.72. The zero-order valence-corrected chi connectivity index (χ0v) is 13.0. The second kappa shape index (κ2) is 7.26. The number of nitrogens with two attached hydrogens (primary N) is 1. The molecule has 1 aromatic carbocycles. The number of carbonyl (C=O) groups is 2. The third-order valence-electron chi connectivity index (χ3n) is 3.85. The Bertz CT molecular complexity index is 537. The number of nitrogens with zero attached hydrogens (tertiary/aromatic N) is 1. The van der Waals surface area contributed by atoms with Gasteiger partial charge in [0.05, 0.1) is 18.7 Å². The predicted octanol–water partition coefficient (Wildman–Crippen LogP) is 1.22. The van der Waals surface area contributed by atoms with Crippen molar-refractivity contribution in [3.8, 4) is 0 Å². The Balaban J connectivity index is 1.91. The summed E-state index contributed by atoms with van der Waals surface area (Å²) >= 11 is 0. The van der Waals surface area contributed by atoms with Crippen molar-refractivity contribution < 1.29 is 14.3 Å². The Labute approximate surface area is 130 Å². The average Bonchev–Trinajstić information content (AvgIpc) is 2.54. The van der Waals surface area contributed by atoms with Gasteiger partial charge in [0.15, 0.2) is 0 Å². The highest BCUT2D eigenvalue weighted by Gasteiger charge is 2.24. The Hall–Kier alpha value is -2.08. The number of anilines is 1.